The number of aliphatic hydroxyl groups is 1. The van der Waals surface area contributed by atoms with Gasteiger partial charge < -0.3 is 20.4 Å². The molecule has 3 atom stereocenters. The summed E-state index contributed by atoms with van der Waals surface area (Å²) in [7, 11) is 0. The highest BCUT2D eigenvalue weighted by molar-refractivity contribution is 5.81. The van der Waals surface area contributed by atoms with E-state index >= 15 is 0 Å². The van der Waals surface area contributed by atoms with Crippen molar-refractivity contribution in [2.24, 2.45) is 5.90 Å². The van der Waals surface area contributed by atoms with Crippen LogP contribution in [0.25, 0.3) is 11.2 Å². The third kappa shape index (κ3) is 2.02. The van der Waals surface area contributed by atoms with Crippen LogP contribution in [0.3, 0.4) is 0 Å². The summed E-state index contributed by atoms with van der Waals surface area (Å²) in [4.78, 5) is 16.7. The first-order valence-corrected chi connectivity index (χ1v) is 5.79. The van der Waals surface area contributed by atoms with E-state index in [0.717, 1.165) is 0 Å². The van der Waals surface area contributed by atoms with Crippen molar-refractivity contribution in [3.05, 3.63) is 12.7 Å². The molecule has 0 aliphatic carbocycles. The fourth-order valence-corrected chi connectivity index (χ4v) is 2.21. The molecule has 3 rings (SSSR count). The number of fused-ring (bicyclic) bond motifs is 1. The Balaban J connectivity index is 1.91. The van der Waals surface area contributed by atoms with Crippen molar-refractivity contribution in [2.75, 3.05) is 12.3 Å². The first-order chi connectivity index (χ1) is 9.20. The smallest absolute Gasteiger partial charge is 0.167 e. The molecule has 0 saturated carbocycles. The number of hydrogen-bond donors (Lipinski definition) is 3. The fraction of sp³-hybridized carbons (Fsp3) is 0.500. The van der Waals surface area contributed by atoms with E-state index in [9.17, 15) is 5.11 Å². The highest BCUT2D eigenvalue weighted by Crippen LogP contribution is 2.31. The Kier molecular flexibility index (Phi) is 3.03. The van der Waals surface area contributed by atoms with Crippen LogP contribution >= 0.6 is 0 Å². The predicted molar refractivity (Wildman–Crippen MR) is 64.4 cm³/mol. The molecule has 1 saturated heterocycles. The van der Waals surface area contributed by atoms with Gasteiger partial charge in [0, 0.05) is 6.42 Å². The molecule has 0 amide bonds. The average Bonchev–Trinajstić information content (AvgIpc) is 2.95. The van der Waals surface area contributed by atoms with Crippen molar-refractivity contribution in [3.63, 3.8) is 0 Å². The summed E-state index contributed by atoms with van der Waals surface area (Å²) < 4.78 is 7.39. The van der Waals surface area contributed by atoms with Gasteiger partial charge in [-0.3, -0.25) is 4.57 Å². The Morgan fingerprint density at radius 2 is 2.32 bits per heavy atom. The lowest BCUT2D eigenvalue weighted by Gasteiger charge is -2.14. The lowest BCUT2D eigenvalue weighted by atomic mass is 10.2. The van der Waals surface area contributed by atoms with Gasteiger partial charge in [0.05, 0.1) is 19.0 Å². The van der Waals surface area contributed by atoms with Crippen LogP contribution in [-0.2, 0) is 9.57 Å². The number of rotatable bonds is 3. The summed E-state index contributed by atoms with van der Waals surface area (Å²) in [5.41, 5.74) is 6.80. The van der Waals surface area contributed by atoms with Crippen LogP contribution in [0.15, 0.2) is 12.7 Å². The molecule has 1 fully saturated rings. The van der Waals surface area contributed by atoms with Gasteiger partial charge in [-0.25, -0.2) is 20.8 Å². The van der Waals surface area contributed by atoms with E-state index in [1.165, 1.54) is 6.33 Å². The molecule has 0 bridgehead atoms. The second kappa shape index (κ2) is 4.70. The van der Waals surface area contributed by atoms with Crippen molar-refractivity contribution in [1.29, 1.82) is 0 Å². The number of aromatic nitrogens is 4. The quantitative estimate of drug-likeness (QED) is 0.599. The molecule has 1 aliphatic heterocycles. The van der Waals surface area contributed by atoms with E-state index in [1.807, 2.05) is 0 Å². The molecule has 2 aromatic rings. The summed E-state index contributed by atoms with van der Waals surface area (Å²) in [6.07, 6.45) is 1.84. The number of nitrogens with two attached hydrogens (primary N) is 2. The molecule has 9 nitrogen and oxygen atoms in total. The highest BCUT2D eigenvalue weighted by atomic mass is 16.6. The molecular weight excluding hydrogens is 252 g/mol. The molecule has 9 heteroatoms. The normalized spacial score (nSPS) is 27.2. The van der Waals surface area contributed by atoms with Crippen molar-refractivity contribution >= 4 is 17.0 Å². The van der Waals surface area contributed by atoms with Gasteiger partial charge >= 0.3 is 0 Å². The predicted octanol–water partition coefficient (Wildman–Crippen LogP) is -1.05. The summed E-state index contributed by atoms with van der Waals surface area (Å²) >= 11 is 0. The van der Waals surface area contributed by atoms with E-state index in [4.69, 9.17) is 16.4 Å². The van der Waals surface area contributed by atoms with E-state index in [2.05, 4.69) is 19.8 Å². The van der Waals surface area contributed by atoms with Crippen LogP contribution in [0.1, 0.15) is 12.6 Å². The molecule has 0 spiro atoms. The number of nitrogen functional groups attached to an aromatic ring is 1. The second-order valence-corrected chi connectivity index (χ2v) is 4.35. The van der Waals surface area contributed by atoms with Gasteiger partial charge in [0.1, 0.15) is 24.2 Å². The highest BCUT2D eigenvalue weighted by Gasteiger charge is 2.35. The van der Waals surface area contributed by atoms with Crippen LogP contribution in [0, 0.1) is 0 Å². The Morgan fingerprint density at radius 1 is 1.47 bits per heavy atom. The second-order valence-electron chi connectivity index (χ2n) is 4.35. The lowest BCUT2D eigenvalue weighted by Crippen LogP contribution is -2.27. The summed E-state index contributed by atoms with van der Waals surface area (Å²) in [5.74, 6) is 5.31. The molecule has 2 aromatic heterocycles. The minimum Gasteiger partial charge on any atom is -0.390 e. The molecule has 19 heavy (non-hydrogen) atoms. The van der Waals surface area contributed by atoms with E-state index in [-0.39, 0.29) is 12.8 Å². The number of anilines is 1. The van der Waals surface area contributed by atoms with Crippen molar-refractivity contribution in [1.82, 2.24) is 19.5 Å². The van der Waals surface area contributed by atoms with Crippen molar-refractivity contribution in [2.45, 2.75) is 24.9 Å². The van der Waals surface area contributed by atoms with Gasteiger partial charge in [-0.05, 0) is 0 Å². The maximum atomic E-state index is 9.86. The molecule has 1 aliphatic rings. The monoisotopic (exact) mass is 266 g/mol. The Bertz CT molecular complexity index is 588. The number of nitrogens with zero attached hydrogens (tertiary/aromatic N) is 4. The van der Waals surface area contributed by atoms with Gasteiger partial charge in [-0.15, -0.1) is 0 Å². The Hall–Kier alpha value is -1.81. The molecule has 0 aromatic carbocycles. The first kappa shape index (κ1) is 12.2. The molecule has 0 radical (unpaired) electrons. The first-order valence-electron chi connectivity index (χ1n) is 5.79. The Morgan fingerprint density at radius 3 is 3.11 bits per heavy atom. The van der Waals surface area contributed by atoms with Crippen LogP contribution in [-0.4, -0.2) is 43.4 Å². The van der Waals surface area contributed by atoms with Crippen LogP contribution in [0.5, 0.6) is 0 Å². The van der Waals surface area contributed by atoms with Crippen LogP contribution in [0.4, 0.5) is 5.82 Å². The van der Waals surface area contributed by atoms with Crippen LogP contribution in [0.2, 0.25) is 0 Å². The minimum atomic E-state index is -0.648. The number of aliphatic hydroxyl groups excluding tert-OH is 1. The lowest BCUT2D eigenvalue weighted by molar-refractivity contribution is -0.0620. The maximum Gasteiger partial charge on any atom is 0.167 e. The van der Waals surface area contributed by atoms with Crippen molar-refractivity contribution in [3.8, 4) is 0 Å². The maximum absolute atomic E-state index is 9.86. The van der Waals surface area contributed by atoms with Gasteiger partial charge in [0.15, 0.2) is 11.5 Å². The SMILES string of the molecule is NOC[C@H]1O[C@@H](n2cnc3c(N)ncnc32)C[C@@H]1O. The number of ether oxygens (including phenoxy) is 1. The number of hydrogen-bond acceptors (Lipinski definition) is 8. The molecule has 0 unspecified atom stereocenters. The molecule has 3 heterocycles. The summed E-state index contributed by atoms with van der Waals surface area (Å²) in [5, 5.41) is 9.86. The van der Waals surface area contributed by atoms with Gasteiger partial charge in [0.25, 0.3) is 0 Å². The van der Waals surface area contributed by atoms with Crippen molar-refractivity contribution < 1.29 is 14.7 Å². The summed E-state index contributed by atoms with van der Waals surface area (Å²) in [6.45, 7) is 0.126. The van der Waals surface area contributed by atoms with Crippen LogP contribution < -0.4 is 11.6 Å². The zero-order valence-corrected chi connectivity index (χ0v) is 10.0. The fourth-order valence-electron chi connectivity index (χ4n) is 2.21. The van der Waals surface area contributed by atoms with Gasteiger partial charge in [-0.2, -0.15) is 0 Å². The summed E-state index contributed by atoms with van der Waals surface area (Å²) in [6, 6.07) is 0. The van der Waals surface area contributed by atoms with E-state index < -0.39 is 12.2 Å². The van der Waals surface area contributed by atoms with E-state index in [1.54, 1.807) is 10.9 Å². The minimum absolute atomic E-state index is 0.126. The standard InChI is InChI=1S/C10H14N6O3/c11-9-8-10(14-3-13-9)16(4-15-8)7-1-5(17)6(19-7)2-18-12/h3-7,17H,1-2,12H2,(H2,11,13,14)/t5-,6+,7+/m0/s1. The van der Waals surface area contributed by atoms with Gasteiger partial charge in [0.2, 0.25) is 0 Å². The third-order valence-corrected chi connectivity index (χ3v) is 3.16. The zero-order valence-electron chi connectivity index (χ0n) is 10.0. The zero-order chi connectivity index (χ0) is 13.4. The topological polar surface area (TPSA) is 134 Å². The number of imidazole rings is 1. The largest absolute Gasteiger partial charge is 0.390 e. The Labute approximate surface area is 108 Å². The third-order valence-electron chi connectivity index (χ3n) is 3.16. The van der Waals surface area contributed by atoms with Gasteiger partial charge in [-0.1, -0.05) is 0 Å². The average molecular weight is 266 g/mol. The van der Waals surface area contributed by atoms with E-state index in [0.29, 0.717) is 23.4 Å². The molecule has 102 valence electrons. The molecular formula is C10H14N6O3. The molecule has 5 N–H and O–H groups in total.